The molecule has 0 fully saturated rings. The fourth-order valence-corrected chi connectivity index (χ4v) is 4.60. The van der Waals surface area contributed by atoms with Crippen LogP contribution in [-0.4, -0.2) is 35.9 Å². The summed E-state index contributed by atoms with van der Waals surface area (Å²) in [5.41, 5.74) is 0.774. The third-order valence-electron chi connectivity index (χ3n) is 5.45. The third-order valence-corrected chi connectivity index (χ3v) is 7.01. The van der Waals surface area contributed by atoms with Gasteiger partial charge in [-0.1, -0.05) is 73.4 Å². The van der Waals surface area contributed by atoms with Crippen LogP contribution in [0, 0.1) is 0 Å². The molecule has 8 heteroatoms. The van der Waals surface area contributed by atoms with Gasteiger partial charge in [0.25, 0.3) is 5.91 Å². The van der Waals surface area contributed by atoms with Crippen LogP contribution >= 0.6 is 39.1 Å². The Labute approximate surface area is 218 Å². The Morgan fingerprint density at radius 2 is 1.82 bits per heavy atom. The fraction of sp³-hybridized carbons (Fsp3) is 0.308. The highest BCUT2D eigenvalue weighted by Gasteiger charge is 2.29. The Morgan fingerprint density at radius 1 is 1.06 bits per heavy atom. The molecule has 1 atom stereocenters. The smallest absolute Gasteiger partial charge is 0.261 e. The van der Waals surface area contributed by atoms with Gasteiger partial charge in [-0.2, -0.15) is 0 Å². The lowest BCUT2D eigenvalue weighted by Gasteiger charge is -2.30. The van der Waals surface area contributed by atoms with Crippen LogP contribution in [0.3, 0.4) is 0 Å². The molecule has 0 radical (unpaired) electrons. The van der Waals surface area contributed by atoms with E-state index < -0.39 is 6.04 Å². The number of halogens is 3. The number of benzene rings is 3. The summed E-state index contributed by atoms with van der Waals surface area (Å²) in [5, 5.41) is 5.78. The number of carbonyl (C=O) groups excluding carboxylic acids is 2. The Morgan fingerprint density at radius 3 is 2.53 bits per heavy atom. The monoisotopic (exact) mass is 564 g/mol. The number of ether oxygens (including phenoxy) is 1. The number of rotatable bonds is 10. The first-order valence-electron chi connectivity index (χ1n) is 11.2. The van der Waals surface area contributed by atoms with Gasteiger partial charge in [0.2, 0.25) is 5.91 Å². The Kier molecular flexibility index (Phi) is 9.63. The van der Waals surface area contributed by atoms with E-state index in [1.54, 1.807) is 23.1 Å². The molecular formula is C26H27BrCl2N2O3. The van der Waals surface area contributed by atoms with Crippen LogP contribution in [0.25, 0.3) is 10.8 Å². The minimum absolute atomic E-state index is 0.190. The van der Waals surface area contributed by atoms with E-state index in [0.29, 0.717) is 28.8 Å². The lowest BCUT2D eigenvalue weighted by Crippen LogP contribution is -2.50. The van der Waals surface area contributed by atoms with Crippen LogP contribution in [0.2, 0.25) is 10.0 Å². The maximum Gasteiger partial charge on any atom is 0.261 e. The molecule has 3 aromatic carbocycles. The van der Waals surface area contributed by atoms with Gasteiger partial charge in [0.1, 0.15) is 11.8 Å². The molecule has 0 heterocycles. The largest absolute Gasteiger partial charge is 0.483 e. The van der Waals surface area contributed by atoms with Crippen molar-refractivity contribution in [3.8, 4) is 5.75 Å². The van der Waals surface area contributed by atoms with Gasteiger partial charge in [0.05, 0.1) is 14.5 Å². The summed E-state index contributed by atoms with van der Waals surface area (Å²) in [6.45, 7) is 4.40. The second-order valence-corrected chi connectivity index (χ2v) is 9.48. The first-order chi connectivity index (χ1) is 16.3. The van der Waals surface area contributed by atoms with Gasteiger partial charge in [-0.3, -0.25) is 9.59 Å². The van der Waals surface area contributed by atoms with Crippen molar-refractivity contribution in [2.75, 3.05) is 13.2 Å². The summed E-state index contributed by atoms with van der Waals surface area (Å²) in [4.78, 5) is 27.8. The van der Waals surface area contributed by atoms with Gasteiger partial charge >= 0.3 is 0 Å². The molecule has 0 aliphatic carbocycles. The molecule has 0 saturated carbocycles. The molecule has 0 unspecified atom stereocenters. The lowest BCUT2D eigenvalue weighted by atomic mass is 10.1. The zero-order valence-electron chi connectivity index (χ0n) is 19.1. The summed E-state index contributed by atoms with van der Waals surface area (Å²) in [5.74, 6) is 0.0688. The van der Waals surface area contributed by atoms with Gasteiger partial charge in [-0.25, -0.2) is 0 Å². The second-order valence-electron chi connectivity index (χ2n) is 7.87. The molecular weight excluding hydrogens is 539 g/mol. The van der Waals surface area contributed by atoms with Crippen molar-refractivity contribution in [2.24, 2.45) is 0 Å². The highest BCUT2D eigenvalue weighted by molar-refractivity contribution is 9.10. The van der Waals surface area contributed by atoms with E-state index in [2.05, 4.69) is 21.2 Å². The molecule has 180 valence electrons. The molecule has 0 spiro atoms. The van der Waals surface area contributed by atoms with Crippen molar-refractivity contribution < 1.29 is 14.3 Å². The van der Waals surface area contributed by atoms with Crippen molar-refractivity contribution in [1.82, 2.24) is 10.2 Å². The minimum atomic E-state index is -0.642. The predicted octanol–water partition coefficient (Wildman–Crippen LogP) is 6.62. The molecule has 0 aliphatic rings. The van der Waals surface area contributed by atoms with E-state index >= 15 is 0 Å². The topological polar surface area (TPSA) is 58.6 Å². The third kappa shape index (κ3) is 6.44. The van der Waals surface area contributed by atoms with E-state index in [9.17, 15) is 9.59 Å². The highest BCUT2D eigenvalue weighted by atomic mass is 79.9. The first kappa shape index (κ1) is 26.3. The van der Waals surface area contributed by atoms with Gasteiger partial charge in [-0.05, 0) is 63.3 Å². The SMILES string of the molecule is CCCNC(=O)[C@H](CC)N(Cc1ccc(Cl)c(Cl)c1)C(=O)COc1ccc2ccccc2c1Br. The zero-order valence-corrected chi connectivity index (χ0v) is 22.2. The molecule has 1 N–H and O–H groups in total. The van der Waals surface area contributed by atoms with E-state index in [1.807, 2.05) is 50.2 Å². The lowest BCUT2D eigenvalue weighted by molar-refractivity contribution is -0.143. The molecule has 5 nitrogen and oxygen atoms in total. The fourth-order valence-electron chi connectivity index (χ4n) is 3.67. The van der Waals surface area contributed by atoms with Gasteiger partial charge in [0.15, 0.2) is 6.61 Å². The van der Waals surface area contributed by atoms with Crippen molar-refractivity contribution >= 4 is 61.7 Å². The number of hydrogen-bond donors (Lipinski definition) is 1. The number of nitrogens with one attached hydrogen (secondary N) is 1. The Balaban J connectivity index is 1.83. The predicted molar refractivity (Wildman–Crippen MR) is 142 cm³/mol. The molecule has 2 amide bonds. The highest BCUT2D eigenvalue weighted by Crippen LogP contribution is 2.33. The molecule has 0 aliphatic heterocycles. The molecule has 0 saturated heterocycles. The van der Waals surface area contributed by atoms with Crippen LogP contribution in [0.15, 0.2) is 59.1 Å². The molecule has 3 rings (SSSR count). The van der Waals surface area contributed by atoms with Crippen molar-refractivity contribution in [3.63, 3.8) is 0 Å². The van der Waals surface area contributed by atoms with Crippen LogP contribution in [0.5, 0.6) is 5.75 Å². The average molecular weight is 566 g/mol. The van der Waals surface area contributed by atoms with Crippen molar-refractivity contribution in [2.45, 2.75) is 39.3 Å². The minimum Gasteiger partial charge on any atom is -0.483 e. The van der Waals surface area contributed by atoms with Gasteiger partial charge in [-0.15, -0.1) is 0 Å². The average Bonchev–Trinajstić information content (AvgIpc) is 2.84. The summed E-state index contributed by atoms with van der Waals surface area (Å²) >= 11 is 15.8. The quantitative estimate of drug-likeness (QED) is 0.300. The molecule has 34 heavy (non-hydrogen) atoms. The molecule has 0 aromatic heterocycles. The van der Waals surface area contributed by atoms with Gasteiger partial charge < -0.3 is 15.0 Å². The van der Waals surface area contributed by atoms with Crippen LogP contribution < -0.4 is 10.1 Å². The van der Waals surface area contributed by atoms with Crippen molar-refractivity contribution in [1.29, 1.82) is 0 Å². The van der Waals surface area contributed by atoms with Crippen LogP contribution in [0.1, 0.15) is 32.3 Å². The summed E-state index contributed by atoms with van der Waals surface area (Å²) in [6, 6.07) is 16.2. The van der Waals surface area contributed by atoms with Crippen molar-refractivity contribution in [3.05, 3.63) is 74.7 Å². The maximum atomic E-state index is 13.4. The first-order valence-corrected chi connectivity index (χ1v) is 12.7. The van der Waals surface area contributed by atoms with Crippen LogP contribution in [0.4, 0.5) is 0 Å². The molecule has 0 bridgehead atoms. The van der Waals surface area contributed by atoms with Crippen LogP contribution in [-0.2, 0) is 16.1 Å². The van der Waals surface area contributed by atoms with E-state index in [0.717, 1.165) is 27.2 Å². The number of hydrogen-bond acceptors (Lipinski definition) is 3. The standard InChI is InChI=1S/C26H27BrCl2N2O3/c1-3-13-30-26(33)22(4-2)31(15-17-9-11-20(28)21(29)14-17)24(32)16-34-23-12-10-18-7-5-6-8-19(18)25(23)27/h5-12,14,22H,3-4,13,15-16H2,1-2H3,(H,30,33)/t22-/m0/s1. The zero-order chi connectivity index (χ0) is 24.7. The number of fused-ring (bicyclic) bond motifs is 1. The molecule has 3 aromatic rings. The number of nitrogens with zero attached hydrogens (tertiary/aromatic N) is 1. The Hall–Kier alpha value is -2.28. The normalized spacial score (nSPS) is 11.8. The summed E-state index contributed by atoms with van der Waals surface area (Å²) in [7, 11) is 0. The van der Waals surface area contributed by atoms with E-state index in [1.165, 1.54) is 0 Å². The maximum absolute atomic E-state index is 13.4. The second kappa shape index (κ2) is 12.4. The Bertz CT molecular complexity index is 1170. The van der Waals surface area contributed by atoms with Gasteiger partial charge in [0, 0.05) is 13.1 Å². The van der Waals surface area contributed by atoms with E-state index in [-0.39, 0.29) is 25.0 Å². The summed E-state index contributed by atoms with van der Waals surface area (Å²) < 4.78 is 6.69. The number of amides is 2. The van der Waals surface area contributed by atoms with E-state index in [4.69, 9.17) is 27.9 Å². The number of carbonyl (C=O) groups is 2. The summed E-state index contributed by atoms with van der Waals surface area (Å²) in [6.07, 6.45) is 1.27.